The third kappa shape index (κ3) is 3.18. The van der Waals surface area contributed by atoms with E-state index in [4.69, 9.17) is 0 Å². The summed E-state index contributed by atoms with van der Waals surface area (Å²) in [6.45, 7) is 4.04. The molecule has 0 saturated heterocycles. The maximum Gasteiger partial charge on any atom is 0.330 e. The van der Waals surface area contributed by atoms with Crippen molar-refractivity contribution in [2.24, 2.45) is 0 Å². The van der Waals surface area contributed by atoms with E-state index < -0.39 is 12.0 Å². The minimum atomic E-state index is -0.877. The lowest BCUT2D eigenvalue weighted by molar-refractivity contribution is -0.138. The SMILES string of the molecule is CCc1ccc(C(Nc2ccccc2C)C(=O)O)cc1. The normalized spacial score (nSPS) is 11.9. The van der Waals surface area contributed by atoms with Crippen molar-refractivity contribution in [1.82, 2.24) is 0 Å². The van der Waals surface area contributed by atoms with Gasteiger partial charge < -0.3 is 10.4 Å². The van der Waals surface area contributed by atoms with Crippen LogP contribution in [-0.2, 0) is 11.2 Å². The Labute approximate surface area is 119 Å². The van der Waals surface area contributed by atoms with Crippen molar-refractivity contribution in [3.8, 4) is 0 Å². The van der Waals surface area contributed by atoms with Crippen LogP contribution in [0, 0.1) is 6.92 Å². The van der Waals surface area contributed by atoms with Gasteiger partial charge >= 0.3 is 5.97 Å². The van der Waals surface area contributed by atoms with Crippen LogP contribution in [0.2, 0.25) is 0 Å². The summed E-state index contributed by atoms with van der Waals surface area (Å²) in [5.41, 5.74) is 3.84. The fourth-order valence-electron chi connectivity index (χ4n) is 2.12. The molecule has 20 heavy (non-hydrogen) atoms. The van der Waals surface area contributed by atoms with Crippen molar-refractivity contribution < 1.29 is 9.90 Å². The van der Waals surface area contributed by atoms with Crippen molar-refractivity contribution in [3.63, 3.8) is 0 Å². The Morgan fingerprint density at radius 2 is 1.80 bits per heavy atom. The molecule has 2 aromatic carbocycles. The van der Waals surface area contributed by atoms with Gasteiger partial charge in [-0.2, -0.15) is 0 Å². The van der Waals surface area contributed by atoms with Crippen LogP contribution in [0.15, 0.2) is 48.5 Å². The van der Waals surface area contributed by atoms with Crippen LogP contribution in [0.4, 0.5) is 5.69 Å². The van der Waals surface area contributed by atoms with Crippen molar-refractivity contribution in [1.29, 1.82) is 0 Å². The lowest BCUT2D eigenvalue weighted by Crippen LogP contribution is -2.20. The quantitative estimate of drug-likeness (QED) is 0.868. The van der Waals surface area contributed by atoms with Gasteiger partial charge in [0.05, 0.1) is 0 Å². The number of carbonyl (C=O) groups is 1. The van der Waals surface area contributed by atoms with E-state index in [9.17, 15) is 9.90 Å². The number of carboxylic acids is 1. The highest BCUT2D eigenvalue weighted by Gasteiger charge is 2.19. The van der Waals surface area contributed by atoms with Gasteiger partial charge in [-0.3, -0.25) is 0 Å². The van der Waals surface area contributed by atoms with E-state index in [0.717, 1.165) is 23.2 Å². The first kappa shape index (κ1) is 14.1. The maximum absolute atomic E-state index is 11.5. The predicted molar refractivity (Wildman–Crippen MR) is 81.0 cm³/mol. The molecule has 0 heterocycles. The number of hydrogen-bond donors (Lipinski definition) is 2. The first-order valence-electron chi connectivity index (χ1n) is 6.75. The molecule has 0 spiro atoms. The van der Waals surface area contributed by atoms with Gasteiger partial charge in [-0.25, -0.2) is 4.79 Å². The van der Waals surface area contributed by atoms with Gasteiger partial charge in [0, 0.05) is 5.69 Å². The van der Waals surface area contributed by atoms with E-state index in [2.05, 4.69) is 12.2 Å². The molecule has 0 aliphatic carbocycles. The van der Waals surface area contributed by atoms with Crippen molar-refractivity contribution in [2.75, 3.05) is 5.32 Å². The van der Waals surface area contributed by atoms with Gasteiger partial charge in [-0.05, 0) is 36.1 Å². The highest BCUT2D eigenvalue weighted by molar-refractivity contribution is 5.79. The Balaban J connectivity index is 2.27. The molecule has 0 aliphatic rings. The van der Waals surface area contributed by atoms with Crippen molar-refractivity contribution in [3.05, 3.63) is 65.2 Å². The first-order valence-corrected chi connectivity index (χ1v) is 6.75. The van der Waals surface area contributed by atoms with Gasteiger partial charge in [0.25, 0.3) is 0 Å². The third-order valence-electron chi connectivity index (χ3n) is 3.41. The van der Waals surface area contributed by atoms with Gasteiger partial charge in [-0.15, -0.1) is 0 Å². The third-order valence-corrected chi connectivity index (χ3v) is 3.41. The summed E-state index contributed by atoms with van der Waals surface area (Å²) in [6.07, 6.45) is 0.948. The zero-order valence-corrected chi connectivity index (χ0v) is 11.8. The number of nitrogens with one attached hydrogen (secondary N) is 1. The molecule has 0 aliphatic heterocycles. The molecular formula is C17H19NO2. The zero-order valence-electron chi connectivity index (χ0n) is 11.8. The summed E-state index contributed by atoms with van der Waals surface area (Å²) in [6, 6.07) is 14.7. The number of anilines is 1. The summed E-state index contributed by atoms with van der Waals surface area (Å²) in [5.74, 6) is -0.877. The zero-order chi connectivity index (χ0) is 14.5. The number of benzene rings is 2. The van der Waals surface area contributed by atoms with Crippen LogP contribution < -0.4 is 5.32 Å². The fraction of sp³-hybridized carbons (Fsp3) is 0.235. The molecule has 0 aromatic heterocycles. The standard InChI is InChI=1S/C17H19NO2/c1-3-13-8-10-14(11-9-13)16(17(19)20)18-15-7-5-4-6-12(15)2/h4-11,16,18H,3H2,1-2H3,(H,19,20). The van der Waals surface area contributed by atoms with Crippen LogP contribution in [0.25, 0.3) is 0 Å². The molecular weight excluding hydrogens is 250 g/mol. The molecule has 0 saturated carbocycles. The Bertz CT molecular complexity index is 590. The number of rotatable bonds is 5. The number of carboxylic acid groups (broad SMARTS) is 1. The molecule has 0 bridgehead atoms. The van der Waals surface area contributed by atoms with Crippen LogP contribution in [0.3, 0.4) is 0 Å². The minimum Gasteiger partial charge on any atom is -0.479 e. The molecule has 2 aromatic rings. The average Bonchev–Trinajstić information content (AvgIpc) is 2.46. The Morgan fingerprint density at radius 1 is 1.15 bits per heavy atom. The Hall–Kier alpha value is -2.29. The van der Waals surface area contributed by atoms with Gasteiger partial charge in [-0.1, -0.05) is 49.4 Å². The summed E-state index contributed by atoms with van der Waals surface area (Å²) in [5, 5.41) is 12.5. The molecule has 1 unspecified atom stereocenters. The van der Waals surface area contributed by atoms with Crippen molar-refractivity contribution >= 4 is 11.7 Å². The van der Waals surface area contributed by atoms with Gasteiger partial charge in [0.15, 0.2) is 6.04 Å². The topological polar surface area (TPSA) is 49.3 Å². The van der Waals surface area contributed by atoms with Gasteiger partial charge in [0.1, 0.15) is 0 Å². The molecule has 3 nitrogen and oxygen atoms in total. The molecule has 0 amide bonds. The van der Waals surface area contributed by atoms with Crippen LogP contribution >= 0.6 is 0 Å². The second kappa shape index (κ2) is 6.24. The van der Waals surface area contributed by atoms with E-state index in [-0.39, 0.29) is 0 Å². The summed E-state index contributed by atoms with van der Waals surface area (Å²) in [7, 11) is 0. The lowest BCUT2D eigenvalue weighted by atomic mass is 10.0. The Kier molecular flexibility index (Phi) is 4.41. The molecule has 0 fully saturated rings. The summed E-state index contributed by atoms with van der Waals surface area (Å²) >= 11 is 0. The first-order chi connectivity index (χ1) is 9.61. The second-order valence-corrected chi connectivity index (χ2v) is 4.83. The predicted octanol–water partition coefficient (Wildman–Crippen LogP) is 3.80. The van der Waals surface area contributed by atoms with Crippen LogP contribution in [0.5, 0.6) is 0 Å². The second-order valence-electron chi connectivity index (χ2n) is 4.83. The average molecular weight is 269 g/mol. The maximum atomic E-state index is 11.5. The highest BCUT2D eigenvalue weighted by Crippen LogP contribution is 2.23. The molecule has 0 radical (unpaired) electrons. The minimum absolute atomic E-state index is 0.734. The van der Waals surface area contributed by atoms with Gasteiger partial charge in [0.2, 0.25) is 0 Å². The van der Waals surface area contributed by atoms with E-state index >= 15 is 0 Å². The fourth-order valence-corrected chi connectivity index (χ4v) is 2.12. The monoisotopic (exact) mass is 269 g/mol. The van der Waals surface area contributed by atoms with E-state index in [1.807, 2.05) is 55.5 Å². The molecule has 2 N–H and O–H groups in total. The number of para-hydroxylation sites is 1. The molecule has 3 heteroatoms. The molecule has 1 atom stereocenters. The van der Waals surface area contributed by atoms with Crippen LogP contribution in [0.1, 0.15) is 29.7 Å². The molecule has 104 valence electrons. The van der Waals surface area contributed by atoms with Crippen LogP contribution in [-0.4, -0.2) is 11.1 Å². The number of aliphatic carboxylic acids is 1. The Morgan fingerprint density at radius 3 is 2.35 bits per heavy atom. The largest absolute Gasteiger partial charge is 0.479 e. The smallest absolute Gasteiger partial charge is 0.330 e. The summed E-state index contributed by atoms with van der Waals surface area (Å²) < 4.78 is 0. The highest BCUT2D eigenvalue weighted by atomic mass is 16.4. The van der Waals surface area contributed by atoms with Crippen molar-refractivity contribution in [2.45, 2.75) is 26.3 Å². The van der Waals surface area contributed by atoms with E-state index in [0.29, 0.717) is 0 Å². The van der Waals surface area contributed by atoms with E-state index in [1.54, 1.807) is 0 Å². The lowest BCUT2D eigenvalue weighted by Gasteiger charge is -2.18. The number of aryl methyl sites for hydroxylation is 2. The molecule has 2 rings (SSSR count). The summed E-state index contributed by atoms with van der Waals surface area (Å²) in [4.78, 5) is 11.5. The number of hydrogen-bond acceptors (Lipinski definition) is 2. The van der Waals surface area contributed by atoms with E-state index in [1.165, 1.54) is 5.56 Å².